The van der Waals surface area contributed by atoms with Gasteiger partial charge in [-0.1, -0.05) is 22.0 Å². The summed E-state index contributed by atoms with van der Waals surface area (Å²) in [6.07, 6.45) is -0.433. The number of benzene rings is 1. The zero-order chi connectivity index (χ0) is 11.6. The van der Waals surface area contributed by atoms with E-state index in [0.29, 0.717) is 6.04 Å². The first kappa shape index (κ1) is 12.5. The molecule has 1 atom stereocenters. The molecular weight excluding hydrogens is 254 g/mol. The Morgan fingerprint density at radius 3 is 2.27 bits per heavy atom. The van der Waals surface area contributed by atoms with Gasteiger partial charge < -0.3 is 10.0 Å². The highest BCUT2D eigenvalue weighted by Gasteiger charge is 2.10. The minimum Gasteiger partial charge on any atom is -0.389 e. The lowest BCUT2D eigenvalue weighted by Crippen LogP contribution is -2.25. The number of aliphatic hydroxyl groups is 1. The van der Waals surface area contributed by atoms with Gasteiger partial charge in [-0.3, -0.25) is 0 Å². The standard InChI is InChI=1S/C12H18BrNO/c1-8(2)14(4)10-5-6-11(9(3)15)12(13)7-10/h5-9,15H,1-4H3/t9-/m1/s1. The number of hydrogen-bond acceptors (Lipinski definition) is 2. The molecule has 0 saturated carbocycles. The van der Waals surface area contributed by atoms with Crippen molar-refractivity contribution < 1.29 is 5.11 Å². The molecule has 0 radical (unpaired) electrons. The van der Waals surface area contributed by atoms with Gasteiger partial charge in [-0.05, 0) is 38.5 Å². The van der Waals surface area contributed by atoms with Gasteiger partial charge in [-0.25, -0.2) is 0 Å². The van der Waals surface area contributed by atoms with E-state index in [2.05, 4.69) is 41.7 Å². The van der Waals surface area contributed by atoms with Crippen molar-refractivity contribution in [1.29, 1.82) is 0 Å². The Bertz CT molecular complexity index is 336. The largest absolute Gasteiger partial charge is 0.389 e. The van der Waals surface area contributed by atoms with E-state index in [-0.39, 0.29) is 0 Å². The van der Waals surface area contributed by atoms with E-state index in [9.17, 15) is 5.11 Å². The van der Waals surface area contributed by atoms with Gasteiger partial charge in [0.15, 0.2) is 0 Å². The summed E-state index contributed by atoms with van der Waals surface area (Å²) >= 11 is 3.48. The zero-order valence-corrected chi connectivity index (χ0v) is 11.2. The Morgan fingerprint density at radius 2 is 1.87 bits per heavy atom. The van der Waals surface area contributed by atoms with Crippen molar-refractivity contribution >= 4 is 21.6 Å². The van der Waals surface area contributed by atoms with E-state index in [1.54, 1.807) is 6.92 Å². The van der Waals surface area contributed by atoms with Crippen molar-refractivity contribution in [3.63, 3.8) is 0 Å². The molecule has 0 unspecified atom stereocenters. The van der Waals surface area contributed by atoms with Gasteiger partial charge in [-0.2, -0.15) is 0 Å². The van der Waals surface area contributed by atoms with Crippen LogP contribution in [-0.4, -0.2) is 18.2 Å². The first-order valence-corrected chi connectivity index (χ1v) is 5.93. The van der Waals surface area contributed by atoms with Crippen molar-refractivity contribution in [2.24, 2.45) is 0 Å². The maximum atomic E-state index is 9.50. The summed E-state index contributed by atoms with van der Waals surface area (Å²) in [5, 5.41) is 9.50. The van der Waals surface area contributed by atoms with Crippen molar-refractivity contribution in [3.05, 3.63) is 28.2 Å². The predicted molar refractivity (Wildman–Crippen MR) is 68.3 cm³/mol. The molecule has 1 aromatic rings. The molecule has 2 nitrogen and oxygen atoms in total. The normalized spacial score (nSPS) is 13.0. The molecule has 0 aliphatic rings. The lowest BCUT2D eigenvalue weighted by Gasteiger charge is -2.24. The average molecular weight is 272 g/mol. The summed E-state index contributed by atoms with van der Waals surface area (Å²) in [6.45, 7) is 6.07. The highest BCUT2D eigenvalue weighted by atomic mass is 79.9. The Labute approximate surface area is 100 Å². The van der Waals surface area contributed by atoms with Crippen LogP contribution >= 0.6 is 15.9 Å². The van der Waals surface area contributed by atoms with Gasteiger partial charge >= 0.3 is 0 Å². The minimum absolute atomic E-state index is 0.433. The summed E-state index contributed by atoms with van der Waals surface area (Å²) in [7, 11) is 2.06. The van der Waals surface area contributed by atoms with Crippen LogP contribution < -0.4 is 4.90 Å². The SMILES string of the molecule is CC(C)N(C)c1ccc([C@@H](C)O)c(Br)c1. The Morgan fingerprint density at radius 1 is 1.27 bits per heavy atom. The maximum absolute atomic E-state index is 9.50. The molecule has 1 rings (SSSR count). The predicted octanol–water partition coefficient (Wildman–Crippen LogP) is 3.35. The van der Waals surface area contributed by atoms with Crippen molar-refractivity contribution in [2.75, 3.05) is 11.9 Å². The lowest BCUT2D eigenvalue weighted by atomic mass is 10.1. The zero-order valence-electron chi connectivity index (χ0n) is 9.66. The number of aliphatic hydroxyl groups excluding tert-OH is 1. The first-order valence-electron chi connectivity index (χ1n) is 5.13. The summed E-state index contributed by atoms with van der Waals surface area (Å²) in [5.74, 6) is 0. The van der Waals surface area contributed by atoms with Gasteiger partial charge in [0.25, 0.3) is 0 Å². The third kappa shape index (κ3) is 2.95. The van der Waals surface area contributed by atoms with E-state index in [1.165, 1.54) is 0 Å². The van der Waals surface area contributed by atoms with Crippen molar-refractivity contribution in [2.45, 2.75) is 32.9 Å². The summed E-state index contributed by atoms with van der Waals surface area (Å²) in [6, 6.07) is 6.51. The van der Waals surface area contributed by atoms with Crippen LogP contribution in [-0.2, 0) is 0 Å². The number of nitrogens with zero attached hydrogens (tertiary/aromatic N) is 1. The Hall–Kier alpha value is -0.540. The number of anilines is 1. The number of halogens is 1. The second kappa shape index (κ2) is 4.99. The smallest absolute Gasteiger partial charge is 0.0772 e. The van der Waals surface area contributed by atoms with E-state index in [0.717, 1.165) is 15.7 Å². The van der Waals surface area contributed by atoms with E-state index < -0.39 is 6.10 Å². The number of rotatable bonds is 3. The summed E-state index contributed by atoms with van der Waals surface area (Å²) in [5.41, 5.74) is 2.08. The Balaban J connectivity index is 3.01. The topological polar surface area (TPSA) is 23.5 Å². The van der Waals surface area contributed by atoms with Crippen LogP contribution in [0, 0.1) is 0 Å². The van der Waals surface area contributed by atoms with E-state index in [4.69, 9.17) is 0 Å². The fraction of sp³-hybridized carbons (Fsp3) is 0.500. The molecule has 0 aliphatic carbocycles. The molecule has 0 spiro atoms. The molecule has 3 heteroatoms. The highest BCUT2D eigenvalue weighted by molar-refractivity contribution is 9.10. The van der Waals surface area contributed by atoms with Gasteiger partial charge in [0, 0.05) is 23.2 Å². The summed E-state index contributed by atoms with van der Waals surface area (Å²) in [4.78, 5) is 2.19. The molecule has 0 fully saturated rings. The fourth-order valence-electron chi connectivity index (χ4n) is 1.37. The van der Waals surface area contributed by atoms with Gasteiger partial charge in [-0.15, -0.1) is 0 Å². The van der Waals surface area contributed by atoms with Crippen LogP contribution in [0.5, 0.6) is 0 Å². The molecule has 1 aromatic carbocycles. The van der Waals surface area contributed by atoms with Crippen LogP contribution in [0.1, 0.15) is 32.4 Å². The van der Waals surface area contributed by atoms with Crippen molar-refractivity contribution in [1.82, 2.24) is 0 Å². The monoisotopic (exact) mass is 271 g/mol. The van der Waals surface area contributed by atoms with E-state index >= 15 is 0 Å². The van der Waals surface area contributed by atoms with Gasteiger partial charge in [0.05, 0.1) is 6.10 Å². The van der Waals surface area contributed by atoms with Gasteiger partial charge in [0.2, 0.25) is 0 Å². The lowest BCUT2D eigenvalue weighted by molar-refractivity contribution is 0.198. The van der Waals surface area contributed by atoms with E-state index in [1.807, 2.05) is 18.2 Å². The van der Waals surface area contributed by atoms with Crippen LogP contribution in [0.4, 0.5) is 5.69 Å². The van der Waals surface area contributed by atoms with Crippen LogP contribution in [0.15, 0.2) is 22.7 Å². The third-order valence-electron chi connectivity index (χ3n) is 2.62. The molecule has 15 heavy (non-hydrogen) atoms. The molecule has 0 aromatic heterocycles. The highest BCUT2D eigenvalue weighted by Crippen LogP contribution is 2.28. The summed E-state index contributed by atoms with van der Waals surface area (Å²) < 4.78 is 0.961. The molecule has 1 N–H and O–H groups in total. The molecule has 0 amide bonds. The fourth-order valence-corrected chi connectivity index (χ4v) is 2.07. The first-order chi connectivity index (χ1) is 6.93. The minimum atomic E-state index is -0.433. The van der Waals surface area contributed by atoms with Crippen molar-refractivity contribution in [3.8, 4) is 0 Å². The third-order valence-corrected chi connectivity index (χ3v) is 3.30. The number of hydrogen-bond donors (Lipinski definition) is 1. The molecule has 0 aliphatic heterocycles. The Kier molecular flexibility index (Phi) is 4.17. The molecule has 0 heterocycles. The maximum Gasteiger partial charge on any atom is 0.0772 e. The quantitative estimate of drug-likeness (QED) is 0.912. The van der Waals surface area contributed by atoms with Gasteiger partial charge in [0.1, 0.15) is 0 Å². The average Bonchev–Trinajstić information content (AvgIpc) is 2.15. The molecule has 0 saturated heterocycles. The second-order valence-electron chi connectivity index (χ2n) is 4.09. The molecular formula is C12H18BrNO. The second-order valence-corrected chi connectivity index (χ2v) is 4.94. The molecule has 0 bridgehead atoms. The van der Waals surface area contributed by atoms with Crippen LogP contribution in [0.2, 0.25) is 0 Å². The van der Waals surface area contributed by atoms with Crippen LogP contribution in [0.25, 0.3) is 0 Å². The van der Waals surface area contributed by atoms with Crippen LogP contribution in [0.3, 0.4) is 0 Å². The molecule has 84 valence electrons.